The second kappa shape index (κ2) is 5.70. The molecule has 2 amide bonds. The molecule has 0 unspecified atom stereocenters. The molecule has 2 spiro atoms. The highest BCUT2D eigenvalue weighted by molar-refractivity contribution is 6.18. The smallest absolute Gasteiger partial charge is 0.251 e. The molecule has 4 aliphatic rings. The van der Waals surface area contributed by atoms with Crippen LogP contribution in [0.5, 0.6) is 0 Å². The Balaban J connectivity index is 1.71. The largest absolute Gasteiger partial charge is 0.325 e. The molecule has 6 rings (SSSR count). The molecule has 2 N–H and O–H groups in total. The number of nitrogens with one attached hydrogen (secondary N) is 2. The Kier molecular flexibility index (Phi) is 3.38. The van der Waals surface area contributed by atoms with E-state index in [9.17, 15) is 9.59 Å². The summed E-state index contributed by atoms with van der Waals surface area (Å²) in [7, 11) is 1.96. The maximum absolute atomic E-state index is 13.9. The molecule has 1 aliphatic carbocycles. The molecule has 2 aromatic carbocycles. The summed E-state index contributed by atoms with van der Waals surface area (Å²) in [6.45, 7) is 0.605. The summed E-state index contributed by atoms with van der Waals surface area (Å²) in [6, 6.07) is 15.5. The number of carbonyl (C=O) groups excluding carboxylic acids is 2. The van der Waals surface area contributed by atoms with Crippen LogP contribution >= 0.6 is 0 Å². The van der Waals surface area contributed by atoms with Crippen molar-refractivity contribution in [2.75, 3.05) is 24.2 Å². The van der Waals surface area contributed by atoms with E-state index in [1.165, 1.54) is 0 Å². The van der Waals surface area contributed by atoms with Gasteiger partial charge >= 0.3 is 0 Å². The van der Waals surface area contributed by atoms with Crippen LogP contribution in [0.1, 0.15) is 11.1 Å². The second-order valence-electron chi connectivity index (χ2n) is 8.17. The lowest BCUT2D eigenvalue weighted by atomic mass is 9.56. The van der Waals surface area contributed by atoms with E-state index < -0.39 is 11.0 Å². The van der Waals surface area contributed by atoms with Gasteiger partial charge in [-0.15, -0.1) is 0 Å². The summed E-state index contributed by atoms with van der Waals surface area (Å²) in [5.41, 5.74) is 1.18. The second-order valence-corrected chi connectivity index (χ2v) is 8.17. The average molecular weight is 382 g/mol. The van der Waals surface area contributed by atoms with Crippen molar-refractivity contribution in [3.8, 4) is 0 Å². The molecule has 1 saturated carbocycles. The molecular formula is C24H20N3O2. The summed E-state index contributed by atoms with van der Waals surface area (Å²) in [5, 5.41) is 6.17. The molecule has 5 heteroatoms. The van der Waals surface area contributed by atoms with Crippen molar-refractivity contribution in [2.24, 2.45) is 5.92 Å². The van der Waals surface area contributed by atoms with E-state index in [0.29, 0.717) is 6.54 Å². The van der Waals surface area contributed by atoms with Crippen LogP contribution in [0.2, 0.25) is 0 Å². The fourth-order valence-electron chi connectivity index (χ4n) is 6.08. The number of anilines is 2. The van der Waals surface area contributed by atoms with Gasteiger partial charge in [0.2, 0.25) is 5.91 Å². The van der Waals surface area contributed by atoms with Gasteiger partial charge in [0.1, 0.15) is 11.0 Å². The lowest BCUT2D eigenvalue weighted by Crippen LogP contribution is -2.61. The lowest BCUT2D eigenvalue weighted by Gasteiger charge is -2.44. The highest BCUT2D eigenvalue weighted by atomic mass is 16.2. The highest BCUT2D eigenvalue weighted by Crippen LogP contribution is 2.65. The van der Waals surface area contributed by atoms with Crippen LogP contribution in [-0.2, 0) is 20.5 Å². The summed E-state index contributed by atoms with van der Waals surface area (Å²) >= 11 is 0. The van der Waals surface area contributed by atoms with Gasteiger partial charge < -0.3 is 10.6 Å². The van der Waals surface area contributed by atoms with Gasteiger partial charge in [0.25, 0.3) is 5.91 Å². The molecule has 5 radical (unpaired) electrons. The van der Waals surface area contributed by atoms with Crippen molar-refractivity contribution in [1.82, 2.24) is 4.90 Å². The molecule has 3 atom stereocenters. The van der Waals surface area contributed by atoms with Crippen molar-refractivity contribution in [3.63, 3.8) is 0 Å². The van der Waals surface area contributed by atoms with Crippen molar-refractivity contribution >= 4 is 23.2 Å². The maximum Gasteiger partial charge on any atom is 0.251 e. The van der Waals surface area contributed by atoms with Crippen molar-refractivity contribution in [2.45, 2.75) is 11.0 Å². The number of likely N-dealkylation sites (N-methyl/N-ethyl adjacent to an activating group) is 1. The summed E-state index contributed by atoms with van der Waals surface area (Å²) < 4.78 is 0. The third-order valence-electron chi connectivity index (χ3n) is 7.07. The molecule has 3 heterocycles. The van der Waals surface area contributed by atoms with E-state index in [-0.39, 0.29) is 17.7 Å². The SMILES string of the molecule is CN1C[C@@H]([C]2[CH][CH][CH][CH]2)[C@]2(C(=O)Nc3ccccc32)[C@]12C(=O)Nc1ccccc12. The van der Waals surface area contributed by atoms with E-state index >= 15 is 0 Å². The van der Waals surface area contributed by atoms with Crippen LogP contribution in [0, 0.1) is 37.5 Å². The molecule has 0 bridgehead atoms. The number of amides is 2. The monoisotopic (exact) mass is 382 g/mol. The number of benzene rings is 2. The van der Waals surface area contributed by atoms with Crippen molar-refractivity contribution in [3.05, 3.63) is 91.3 Å². The van der Waals surface area contributed by atoms with Crippen LogP contribution in [0.25, 0.3) is 0 Å². The fraction of sp³-hybridized carbons (Fsp3) is 0.208. The van der Waals surface area contributed by atoms with Gasteiger partial charge in [0.05, 0.1) is 0 Å². The molecular weight excluding hydrogens is 362 g/mol. The van der Waals surface area contributed by atoms with Gasteiger partial charge in [0.15, 0.2) is 0 Å². The molecule has 0 aromatic heterocycles. The number of likely N-dealkylation sites (tertiary alicyclic amines) is 1. The van der Waals surface area contributed by atoms with E-state index in [1.54, 1.807) is 0 Å². The maximum atomic E-state index is 13.9. The normalized spacial score (nSPS) is 33.3. The zero-order valence-corrected chi connectivity index (χ0v) is 16.0. The molecule has 3 aliphatic heterocycles. The predicted octanol–water partition coefficient (Wildman–Crippen LogP) is 2.69. The van der Waals surface area contributed by atoms with E-state index in [0.717, 1.165) is 28.4 Å². The Morgan fingerprint density at radius 2 is 1.45 bits per heavy atom. The summed E-state index contributed by atoms with van der Waals surface area (Å²) in [4.78, 5) is 29.7. The topological polar surface area (TPSA) is 61.4 Å². The Morgan fingerprint density at radius 1 is 0.862 bits per heavy atom. The number of rotatable bonds is 1. The Bertz CT molecular complexity index is 1040. The van der Waals surface area contributed by atoms with E-state index in [4.69, 9.17) is 0 Å². The van der Waals surface area contributed by atoms with Crippen LogP contribution in [0.4, 0.5) is 11.4 Å². The van der Waals surface area contributed by atoms with Crippen LogP contribution < -0.4 is 10.6 Å². The predicted molar refractivity (Wildman–Crippen MR) is 110 cm³/mol. The third-order valence-corrected chi connectivity index (χ3v) is 7.07. The number of nitrogens with zero attached hydrogens (tertiary/aromatic N) is 1. The zero-order valence-electron chi connectivity index (χ0n) is 16.0. The molecule has 143 valence electrons. The van der Waals surface area contributed by atoms with Crippen molar-refractivity contribution < 1.29 is 9.59 Å². The Morgan fingerprint density at radius 3 is 2.17 bits per heavy atom. The summed E-state index contributed by atoms with van der Waals surface area (Å²) in [5.74, 6) is 0.684. The highest BCUT2D eigenvalue weighted by Gasteiger charge is 2.77. The molecule has 2 fully saturated rings. The van der Waals surface area contributed by atoms with Gasteiger partial charge in [0, 0.05) is 23.5 Å². The first-order valence-electron chi connectivity index (χ1n) is 9.86. The van der Waals surface area contributed by atoms with Crippen LogP contribution in [0.15, 0.2) is 48.5 Å². The minimum absolute atomic E-state index is 0.110. The van der Waals surface area contributed by atoms with Gasteiger partial charge in [-0.3, -0.25) is 14.5 Å². The van der Waals surface area contributed by atoms with Crippen LogP contribution in [0.3, 0.4) is 0 Å². The Hall–Kier alpha value is -2.66. The summed E-state index contributed by atoms with van der Waals surface area (Å²) in [6.07, 6.45) is 8.11. The van der Waals surface area contributed by atoms with Crippen molar-refractivity contribution in [1.29, 1.82) is 0 Å². The quantitative estimate of drug-likeness (QED) is 0.797. The number of para-hydroxylation sites is 2. The van der Waals surface area contributed by atoms with E-state index in [1.807, 2.05) is 68.4 Å². The first kappa shape index (κ1) is 17.2. The molecule has 29 heavy (non-hydrogen) atoms. The third kappa shape index (κ3) is 1.81. The number of hydrogen-bond donors (Lipinski definition) is 2. The molecule has 2 aromatic rings. The fourth-order valence-corrected chi connectivity index (χ4v) is 6.08. The number of carbonyl (C=O) groups is 2. The van der Waals surface area contributed by atoms with Gasteiger partial charge in [-0.1, -0.05) is 36.4 Å². The Labute approximate surface area is 170 Å². The minimum atomic E-state index is -1.11. The number of hydrogen-bond acceptors (Lipinski definition) is 3. The molecule has 5 nitrogen and oxygen atoms in total. The lowest BCUT2D eigenvalue weighted by molar-refractivity contribution is -0.136. The van der Waals surface area contributed by atoms with Gasteiger partial charge in [-0.2, -0.15) is 0 Å². The standard InChI is InChI=1S/C24H20N3O2/c1-27-14-18(15-8-2-3-9-15)23(16-10-4-6-12-19(16)25-21(23)28)24(27)17-11-5-7-13-20(17)26-22(24)29/h2-13,18H,14H2,1H3,(H,25,28)(H,26,29)/t18-,23+,24-/m0/s1. The molecule has 1 saturated heterocycles. The number of fused-ring (bicyclic) bond motifs is 5. The first-order valence-corrected chi connectivity index (χ1v) is 9.86. The minimum Gasteiger partial charge on any atom is -0.325 e. The van der Waals surface area contributed by atoms with Crippen LogP contribution in [-0.4, -0.2) is 30.3 Å². The van der Waals surface area contributed by atoms with Gasteiger partial charge in [-0.05, 0) is 62.3 Å². The zero-order chi connectivity index (χ0) is 19.8. The van der Waals surface area contributed by atoms with Gasteiger partial charge in [-0.25, -0.2) is 0 Å². The van der Waals surface area contributed by atoms with E-state index in [2.05, 4.69) is 28.4 Å². The first-order chi connectivity index (χ1) is 14.1. The average Bonchev–Trinajstić information content (AvgIpc) is 3.46.